The highest BCUT2D eigenvalue weighted by Gasteiger charge is 2.15. The largest absolute Gasteiger partial charge is 0.374 e. The summed E-state index contributed by atoms with van der Waals surface area (Å²) in [6.07, 6.45) is 4.72. The Morgan fingerprint density at radius 3 is 2.82 bits per heavy atom. The summed E-state index contributed by atoms with van der Waals surface area (Å²) >= 11 is 0. The van der Waals surface area contributed by atoms with Crippen LogP contribution in [0.1, 0.15) is 50.9 Å². The topological polar surface area (TPSA) is 54.2 Å². The predicted octanol–water partition coefficient (Wildman–Crippen LogP) is 3.80. The molecule has 1 atom stereocenters. The monoisotopic (exact) mass is 300 g/mol. The molecule has 1 aliphatic rings. The number of aromatic nitrogens is 2. The van der Waals surface area contributed by atoms with Crippen LogP contribution < -0.4 is 10.2 Å². The Hall–Kier alpha value is -2.04. The number of piperidine rings is 1. The smallest absolute Gasteiger partial charge is 0.248 e. The number of hydrogen-bond acceptors (Lipinski definition) is 5. The molecule has 5 nitrogen and oxygen atoms in total. The number of anilines is 2. The zero-order valence-corrected chi connectivity index (χ0v) is 13.4. The summed E-state index contributed by atoms with van der Waals surface area (Å²) in [6.45, 7) is 6.38. The molecule has 1 fully saturated rings. The third-order valence-electron chi connectivity index (χ3n) is 4.12. The first-order chi connectivity index (χ1) is 10.8. The fourth-order valence-corrected chi connectivity index (χ4v) is 2.84. The molecule has 2 aromatic rings. The van der Waals surface area contributed by atoms with Crippen molar-refractivity contribution >= 4 is 11.4 Å². The minimum Gasteiger partial charge on any atom is -0.374 e. The zero-order valence-electron chi connectivity index (χ0n) is 13.4. The Morgan fingerprint density at radius 2 is 2.09 bits per heavy atom. The van der Waals surface area contributed by atoms with Crippen LogP contribution in [0.15, 0.2) is 28.8 Å². The SMILES string of the molecule is CCc1noc(C(C)Nc2cccc(N3CCCCC3)c2)n1. The molecule has 1 aromatic heterocycles. The third kappa shape index (κ3) is 3.40. The van der Waals surface area contributed by atoms with Gasteiger partial charge in [-0.3, -0.25) is 0 Å². The van der Waals surface area contributed by atoms with Crippen molar-refractivity contribution in [1.82, 2.24) is 10.1 Å². The lowest BCUT2D eigenvalue weighted by Gasteiger charge is -2.29. The maximum Gasteiger partial charge on any atom is 0.248 e. The molecule has 0 amide bonds. The van der Waals surface area contributed by atoms with Crippen molar-refractivity contribution in [2.75, 3.05) is 23.3 Å². The Balaban J connectivity index is 1.69. The Morgan fingerprint density at radius 1 is 1.27 bits per heavy atom. The maximum absolute atomic E-state index is 5.30. The molecule has 0 bridgehead atoms. The van der Waals surface area contributed by atoms with Crippen molar-refractivity contribution in [3.63, 3.8) is 0 Å². The van der Waals surface area contributed by atoms with Crippen LogP contribution in [0.3, 0.4) is 0 Å². The highest BCUT2D eigenvalue weighted by atomic mass is 16.5. The van der Waals surface area contributed by atoms with Crippen molar-refractivity contribution in [2.45, 2.75) is 45.6 Å². The van der Waals surface area contributed by atoms with Gasteiger partial charge in [0.2, 0.25) is 5.89 Å². The summed E-state index contributed by atoms with van der Waals surface area (Å²) in [5.41, 5.74) is 2.38. The molecule has 1 aromatic carbocycles. The maximum atomic E-state index is 5.30. The van der Waals surface area contributed by atoms with E-state index in [1.165, 1.54) is 24.9 Å². The first kappa shape index (κ1) is 14.9. The second kappa shape index (κ2) is 6.81. The van der Waals surface area contributed by atoms with Crippen molar-refractivity contribution in [1.29, 1.82) is 0 Å². The van der Waals surface area contributed by atoms with Crippen LogP contribution in [-0.4, -0.2) is 23.2 Å². The van der Waals surface area contributed by atoms with E-state index in [9.17, 15) is 0 Å². The Bertz CT molecular complexity index is 604. The first-order valence-corrected chi connectivity index (χ1v) is 8.20. The van der Waals surface area contributed by atoms with E-state index >= 15 is 0 Å². The van der Waals surface area contributed by atoms with Crippen LogP contribution in [0.5, 0.6) is 0 Å². The van der Waals surface area contributed by atoms with E-state index in [4.69, 9.17) is 4.52 Å². The number of hydrogen-bond donors (Lipinski definition) is 1. The molecule has 1 aliphatic heterocycles. The first-order valence-electron chi connectivity index (χ1n) is 8.20. The average molecular weight is 300 g/mol. The predicted molar refractivity (Wildman–Crippen MR) is 88.2 cm³/mol. The molecule has 1 N–H and O–H groups in total. The number of rotatable bonds is 5. The second-order valence-corrected chi connectivity index (χ2v) is 5.87. The van der Waals surface area contributed by atoms with Crippen molar-refractivity contribution < 1.29 is 4.52 Å². The standard InChI is InChI=1S/C17H24N4O/c1-3-16-19-17(22-20-16)13(2)18-14-8-7-9-15(12-14)21-10-5-4-6-11-21/h7-9,12-13,18H,3-6,10-11H2,1-2H3. The van der Waals surface area contributed by atoms with E-state index < -0.39 is 0 Å². The number of benzene rings is 1. The molecule has 0 saturated carbocycles. The fraction of sp³-hybridized carbons (Fsp3) is 0.529. The Labute approximate surface area is 131 Å². The quantitative estimate of drug-likeness (QED) is 0.910. The van der Waals surface area contributed by atoms with Crippen LogP contribution in [0.25, 0.3) is 0 Å². The van der Waals surface area contributed by atoms with Gasteiger partial charge in [-0.05, 0) is 44.4 Å². The lowest BCUT2D eigenvalue weighted by Crippen LogP contribution is -2.29. The van der Waals surface area contributed by atoms with Gasteiger partial charge in [-0.15, -0.1) is 0 Å². The summed E-state index contributed by atoms with van der Waals surface area (Å²) in [5, 5.41) is 7.41. The van der Waals surface area contributed by atoms with Gasteiger partial charge in [0.05, 0.1) is 0 Å². The van der Waals surface area contributed by atoms with Crippen LogP contribution in [0.2, 0.25) is 0 Å². The molecule has 5 heteroatoms. The lowest BCUT2D eigenvalue weighted by atomic mass is 10.1. The molecule has 2 heterocycles. The van der Waals surface area contributed by atoms with E-state index in [-0.39, 0.29) is 6.04 Å². The van der Waals surface area contributed by atoms with Crippen LogP contribution in [0.4, 0.5) is 11.4 Å². The summed E-state index contributed by atoms with van der Waals surface area (Å²) in [7, 11) is 0. The van der Waals surface area contributed by atoms with Gasteiger partial charge < -0.3 is 14.7 Å². The molecule has 1 saturated heterocycles. The highest BCUT2D eigenvalue weighted by molar-refractivity contribution is 5.58. The van der Waals surface area contributed by atoms with Gasteiger partial charge in [0.15, 0.2) is 5.82 Å². The van der Waals surface area contributed by atoms with E-state index in [0.29, 0.717) is 5.89 Å². The molecule has 3 rings (SSSR count). The summed E-state index contributed by atoms with van der Waals surface area (Å²) in [5.74, 6) is 1.39. The normalized spacial score (nSPS) is 16.5. The molecular weight excluding hydrogens is 276 g/mol. The van der Waals surface area contributed by atoms with Gasteiger partial charge in [0.1, 0.15) is 6.04 Å². The van der Waals surface area contributed by atoms with Crippen molar-refractivity contribution in [2.24, 2.45) is 0 Å². The molecule has 0 aliphatic carbocycles. The van der Waals surface area contributed by atoms with Crippen molar-refractivity contribution in [3.05, 3.63) is 36.0 Å². The van der Waals surface area contributed by atoms with Gasteiger partial charge in [-0.25, -0.2) is 0 Å². The minimum atomic E-state index is 0.00408. The van der Waals surface area contributed by atoms with Crippen molar-refractivity contribution in [3.8, 4) is 0 Å². The number of nitrogens with zero attached hydrogens (tertiary/aromatic N) is 3. The third-order valence-corrected chi connectivity index (χ3v) is 4.12. The second-order valence-electron chi connectivity index (χ2n) is 5.87. The molecule has 22 heavy (non-hydrogen) atoms. The Kier molecular flexibility index (Phi) is 4.61. The zero-order chi connectivity index (χ0) is 15.4. The molecule has 1 unspecified atom stereocenters. The molecule has 118 valence electrons. The van der Waals surface area contributed by atoms with Gasteiger partial charge in [0, 0.05) is 30.9 Å². The minimum absolute atomic E-state index is 0.00408. The van der Waals surface area contributed by atoms with Crippen LogP contribution >= 0.6 is 0 Å². The van der Waals surface area contributed by atoms with E-state index in [1.54, 1.807) is 0 Å². The van der Waals surface area contributed by atoms with Gasteiger partial charge in [-0.1, -0.05) is 18.1 Å². The molecule has 0 radical (unpaired) electrons. The number of nitrogens with one attached hydrogen (secondary N) is 1. The van der Waals surface area contributed by atoms with Gasteiger partial charge in [0.25, 0.3) is 0 Å². The summed E-state index contributed by atoms with van der Waals surface area (Å²) < 4.78 is 5.30. The summed E-state index contributed by atoms with van der Waals surface area (Å²) in [4.78, 5) is 6.85. The lowest BCUT2D eigenvalue weighted by molar-refractivity contribution is 0.363. The van der Waals surface area contributed by atoms with Gasteiger partial charge in [-0.2, -0.15) is 4.98 Å². The van der Waals surface area contributed by atoms with E-state index in [0.717, 1.165) is 31.0 Å². The van der Waals surface area contributed by atoms with Gasteiger partial charge >= 0.3 is 0 Å². The summed E-state index contributed by atoms with van der Waals surface area (Å²) in [6, 6.07) is 8.58. The average Bonchev–Trinajstić information content (AvgIpc) is 3.05. The highest BCUT2D eigenvalue weighted by Crippen LogP contribution is 2.25. The molecule has 0 spiro atoms. The van der Waals surface area contributed by atoms with Crippen LogP contribution in [-0.2, 0) is 6.42 Å². The van der Waals surface area contributed by atoms with E-state index in [1.807, 2.05) is 13.8 Å². The molecular formula is C17H24N4O. The van der Waals surface area contributed by atoms with Crippen LogP contribution in [0, 0.1) is 0 Å². The van der Waals surface area contributed by atoms with E-state index in [2.05, 4.69) is 44.6 Å². The fourth-order valence-electron chi connectivity index (χ4n) is 2.84. The number of aryl methyl sites for hydroxylation is 1.